The van der Waals surface area contributed by atoms with Crippen LogP contribution in [0.15, 0.2) is 30.3 Å². The van der Waals surface area contributed by atoms with Gasteiger partial charge in [-0.25, -0.2) is 0 Å². The van der Waals surface area contributed by atoms with Gasteiger partial charge >= 0.3 is 0 Å². The standard InChI is InChI=1S/C10H12ClN/c11-10-7-2-1-5-9(10)6-3-4-8-12/h1-3,5-7H,4,8,12H2. The Bertz CT molecular complexity index is 268. The maximum atomic E-state index is 5.92. The van der Waals surface area contributed by atoms with Gasteiger partial charge in [0.05, 0.1) is 0 Å². The molecule has 1 aromatic carbocycles. The summed E-state index contributed by atoms with van der Waals surface area (Å²) in [5.74, 6) is 0. The predicted molar refractivity (Wildman–Crippen MR) is 54.2 cm³/mol. The number of halogens is 1. The van der Waals surface area contributed by atoms with E-state index in [4.69, 9.17) is 17.3 Å². The first-order valence-electron chi connectivity index (χ1n) is 3.95. The minimum absolute atomic E-state index is 0.682. The van der Waals surface area contributed by atoms with Gasteiger partial charge in [-0.3, -0.25) is 0 Å². The van der Waals surface area contributed by atoms with E-state index in [0.29, 0.717) is 6.54 Å². The lowest BCUT2D eigenvalue weighted by Crippen LogP contribution is -1.94. The first-order chi connectivity index (χ1) is 5.84. The molecule has 0 bridgehead atoms. The molecule has 0 atom stereocenters. The normalized spacial score (nSPS) is 10.8. The molecule has 1 rings (SSSR count). The summed E-state index contributed by atoms with van der Waals surface area (Å²) in [4.78, 5) is 0. The smallest absolute Gasteiger partial charge is 0.0478 e. The minimum Gasteiger partial charge on any atom is -0.330 e. The molecule has 0 aliphatic rings. The average molecular weight is 182 g/mol. The maximum Gasteiger partial charge on any atom is 0.0478 e. The van der Waals surface area contributed by atoms with Crippen molar-refractivity contribution in [2.75, 3.05) is 6.54 Å². The molecule has 0 saturated carbocycles. The van der Waals surface area contributed by atoms with Gasteiger partial charge in [-0.15, -0.1) is 0 Å². The highest BCUT2D eigenvalue weighted by molar-refractivity contribution is 6.32. The van der Waals surface area contributed by atoms with Crippen LogP contribution in [0, 0.1) is 0 Å². The Hall–Kier alpha value is -0.790. The number of hydrogen-bond acceptors (Lipinski definition) is 1. The fourth-order valence-corrected chi connectivity index (χ4v) is 1.12. The first kappa shape index (κ1) is 9.30. The molecule has 1 nitrogen and oxygen atoms in total. The summed E-state index contributed by atoms with van der Waals surface area (Å²) in [6.45, 7) is 0.682. The zero-order chi connectivity index (χ0) is 8.81. The van der Waals surface area contributed by atoms with Gasteiger partial charge in [-0.2, -0.15) is 0 Å². The van der Waals surface area contributed by atoms with E-state index in [1.165, 1.54) is 0 Å². The number of nitrogens with two attached hydrogens (primary N) is 1. The zero-order valence-corrected chi connectivity index (χ0v) is 7.59. The van der Waals surface area contributed by atoms with Gasteiger partial charge in [-0.05, 0) is 24.6 Å². The monoisotopic (exact) mass is 181 g/mol. The van der Waals surface area contributed by atoms with Crippen LogP contribution in [0.2, 0.25) is 5.02 Å². The molecule has 0 radical (unpaired) electrons. The summed E-state index contributed by atoms with van der Waals surface area (Å²) in [6.07, 6.45) is 4.92. The second-order valence-corrected chi connectivity index (χ2v) is 2.91. The summed E-state index contributed by atoms with van der Waals surface area (Å²) in [6, 6.07) is 7.75. The molecular formula is C10H12ClN. The molecular weight excluding hydrogens is 170 g/mol. The van der Waals surface area contributed by atoms with E-state index >= 15 is 0 Å². The molecule has 0 spiro atoms. The van der Waals surface area contributed by atoms with Crippen LogP contribution in [-0.2, 0) is 0 Å². The van der Waals surface area contributed by atoms with E-state index in [1.807, 2.05) is 36.4 Å². The van der Waals surface area contributed by atoms with Gasteiger partial charge in [0.1, 0.15) is 0 Å². The highest BCUT2D eigenvalue weighted by Crippen LogP contribution is 2.16. The molecule has 0 saturated heterocycles. The average Bonchev–Trinajstić information content (AvgIpc) is 2.09. The van der Waals surface area contributed by atoms with Crippen molar-refractivity contribution < 1.29 is 0 Å². The van der Waals surface area contributed by atoms with Crippen LogP contribution >= 0.6 is 11.6 Å². The third-order valence-corrected chi connectivity index (χ3v) is 1.88. The van der Waals surface area contributed by atoms with Crippen molar-refractivity contribution in [2.45, 2.75) is 6.42 Å². The van der Waals surface area contributed by atoms with Gasteiger partial charge in [0.2, 0.25) is 0 Å². The summed E-state index contributed by atoms with van der Waals surface area (Å²) < 4.78 is 0. The Balaban J connectivity index is 2.68. The van der Waals surface area contributed by atoms with E-state index in [-0.39, 0.29) is 0 Å². The molecule has 0 amide bonds. The molecule has 12 heavy (non-hydrogen) atoms. The molecule has 1 aromatic rings. The van der Waals surface area contributed by atoms with Crippen molar-refractivity contribution >= 4 is 17.7 Å². The van der Waals surface area contributed by atoms with E-state index < -0.39 is 0 Å². The zero-order valence-electron chi connectivity index (χ0n) is 6.83. The lowest BCUT2D eigenvalue weighted by atomic mass is 10.2. The number of benzene rings is 1. The predicted octanol–water partition coefficient (Wildman–Crippen LogP) is 2.70. The molecule has 0 aromatic heterocycles. The summed E-state index contributed by atoms with van der Waals surface area (Å²) in [5.41, 5.74) is 6.40. The molecule has 0 unspecified atom stereocenters. The molecule has 0 heterocycles. The van der Waals surface area contributed by atoms with Crippen molar-refractivity contribution in [2.24, 2.45) is 5.73 Å². The minimum atomic E-state index is 0.682. The Morgan fingerprint density at radius 2 is 2.08 bits per heavy atom. The molecule has 64 valence electrons. The van der Waals surface area contributed by atoms with Crippen LogP contribution in [0.5, 0.6) is 0 Å². The highest BCUT2D eigenvalue weighted by atomic mass is 35.5. The highest BCUT2D eigenvalue weighted by Gasteiger charge is 1.91. The van der Waals surface area contributed by atoms with Crippen LogP contribution in [0.25, 0.3) is 6.08 Å². The van der Waals surface area contributed by atoms with E-state index in [0.717, 1.165) is 17.0 Å². The van der Waals surface area contributed by atoms with Gasteiger partial charge < -0.3 is 5.73 Å². The van der Waals surface area contributed by atoms with Gasteiger partial charge in [0.15, 0.2) is 0 Å². The lowest BCUT2D eigenvalue weighted by Gasteiger charge is -1.95. The summed E-state index contributed by atoms with van der Waals surface area (Å²) in [7, 11) is 0. The van der Waals surface area contributed by atoms with E-state index in [9.17, 15) is 0 Å². The van der Waals surface area contributed by atoms with Crippen molar-refractivity contribution in [3.05, 3.63) is 40.9 Å². The summed E-state index contributed by atoms with van der Waals surface area (Å²) >= 11 is 5.92. The van der Waals surface area contributed by atoms with Gasteiger partial charge in [0.25, 0.3) is 0 Å². The van der Waals surface area contributed by atoms with Crippen LogP contribution in [-0.4, -0.2) is 6.54 Å². The van der Waals surface area contributed by atoms with Crippen LogP contribution in [0.4, 0.5) is 0 Å². The topological polar surface area (TPSA) is 26.0 Å². The molecule has 2 N–H and O–H groups in total. The lowest BCUT2D eigenvalue weighted by molar-refractivity contribution is 1.01. The second-order valence-electron chi connectivity index (χ2n) is 2.50. The quantitative estimate of drug-likeness (QED) is 0.763. The van der Waals surface area contributed by atoms with Gasteiger partial charge in [-0.1, -0.05) is 42.0 Å². The number of hydrogen-bond donors (Lipinski definition) is 1. The SMILES string of the molecule is NCCC=Cc1ccccc1Cl. The van der Waals surface area contributed by atoms with Gasteiger partial charge in [0, 0.05) is 5.02 Å². The van der Waals surface area contributed by atoms with Crippen molar-refractivity contribution in [1.29, 1.82) is 0 Å². The van der Waals surface area contributed by atoms with Crippen molar-refractivity contribution in [3.8, 4) is 0 Å². The van der Waals surface area contributed by atoms with Crippen LogP contribution in [0.3, 0.4) is 0 Å². The molecule has 0 fully saturated rings. The third-order valence-electron chi connectivity index (χ3n) is 1.54. The van der Waals surface area contributed by atoms with Crippen molar-refractivity contribution in [1.82, 2.24) is 0 Å². The Morgan fingerprint density at radius 3 is 2.75 bits per heavy atom. The third kappa shape index (κ3) is 2.68. The Labute approximate surface area is 77.8 Å². The molecule has 0 aliphatic heterocycles. The Morgan fingerprint density at radius 1 is 1.33 bits per heavy atom. The van der Waals surface area contributed by atoms with Crippen LogP contribution < -0.4 is 5.73 Å². The maximum absolute atomic E-state index is 5.92. The van der Waals surface area contributed by atoms with Crippen LogP contribution in [0.1, 0.15) is 12.0 Å². The second kappa shape index (κ2) is 4.96. The fraction of sp³-hybridized carbons (Fsp3) is 0.200. The Kier molecular flexibility index (Phi) is 3.85. The number of rotatable bonds is 3. The molecule has 2 heteroatoms. The summed E-state index contributed by atoms with van der Waals surface area (Å²) in [5, 5.41) is 0.783. The fourth-order valence-electron chi connectivity index (χ4n) is 0.917. The van der Waals surface area contributed by atoms with E-state index in [1.54, 1.807) is 0 Å². The first-order valence-corrected chi connectivity index (χ1v) is 4.33. The largest absolute Gasteiger partial charge is 0.330 e. The van der Waals surface area contributed by atoms with Crippen molar-refractivity contribution in [3.63, 3.8) is 0 Å². The molecule has 0 aliphatic carbocycles. The van der Waals surface area contributed by atoms with E-state index in [2.05, 4.69) is 0 Å².